The molecule has 1 unspecified atom stereocenters. The Balaban J connectivity index is 3.03. The summed E-state index contributed by atoms with van der Waals surface area (Å²) in [5, 5.41) is 13.0. The van der Waals surface area contributed by atoms with Crippen molar-refractivity contribution in [2.75, 3.05) is 5.73 Å². The summed E-state index contributed by atoms with van der Waals surface area (Å²) in [6, 6.07) is 1.72. The Labute approximate surface area is 59.3 Å². The summed E-state index contributed by atoms with van der Waals surface area (Å²) in [5.74, 6) is 0.493. The Morgan fingerprint density at radius 1 is 1.80 bits per heavy atom. The van der Waals surface area contributed by atoms with Crippen molar-refractivity contribution in [2.45, 2.75) is 20.1 Å². The van der Waals surface area contributed by atoms with Crippen molar-refractivity contribution in [1.82, 2.24) is 9.78 Å². The van der Waals surface area contributed by atoms with Crippen LogP contribution in [0.4, 0.5) is 5.82 Å². The quantitative estimate of drug-likeness (QED) is 0.590. The summed E-state index contributed by atoms with van der Waals surface area (Å²) in [5.41, 5.74) is 6.30. The van der Waals surface area contributed by atoms with Gasteiger partial charge in [0.2, 0.25) is 0 Å². The van der Waals surface area contributed by atoms with E-state index < -0.39 is 6.23 Å². The maximum absolute atomic E-state index is 9.04. The number of aliphatic hydroxyl groups excluding tert-OH is 1. The van der Waals surface area contributed by atoms with E-state index in [0.29, 0.717) is 5.82 Å². The van der Waals surface area contributed by atoms with Gasteiger partial charge in [-0.05, 0) is 13.8 Å². The van der Waals surface area contributed by atoms with Crippen LogP contribution in [0.25, 0.3) is 0 Å². The summed E-state index contributed by atoms with van der Waals surface area (Å²) in [6.07, 6.45) is -0.645. The van der Waals surface area contributed by atoms with Gasteiger partial charge in [0.15, 0.2) is 0 Å². The Morgan fingerprint density at radius 3 is 2.60 bits per heavy atom. The SMILES string of the molecule is Cc1cc(N)n(C(C)O)n1. The highest BCUT2D eigenvalue weighted by Gasteiger charge is 2.04. The molecule has 1 aromatic heterocycles. The molecular formula is C6H11N3O. The van der Waals surface area contributed by atoms with Gasteiger partial charge in [-0.15, -0.1) is 0 Å². The highest BCUT2D eigenvalue weighted by Crippen LogP contribution is 2.09. The van der Waals surface area contributed by atoms with Crippen LogP contribution in [-0.4, -0.2) is 14.9 Å². The molecule has 0 radical (unpaired) electrons. The van der Waals surface area contributed by atoms with E-state index in [-0.39, 0.29) is 0 Å². The average molecular weight is 141 g/mol. The molecule has 0 fully saturated rings. The second kappa shape index (κ2) is 2.30. The number of nitrogens with zero attached hydrogens (tertiary/aromatic N) is 2. The van der Waals surface area contributed by atoms with Crippen molar-refractivity contribution in [3.8, 4) is 0 Å². The molecule has 0 spiro atoms. The van der Waals surface area contributed by atoms with Crippen LogP contribution in [0.15, 0.2) is 6.07 Å². The van der Waals surface area contributed by atoms with Crippen molar-refractivity contribution in [2.24, 2.45) is 0 Å². The molecule has 0 saturated heterocycles. The summed E-state index contributed by atoms with van der Waals surface area (Å²) >= 11 is 0. The largest absolute Gasteiger partial charge is 0.384 e. The van der Waals surface area contributed by atoms with Crippen LogP contribution in [0.2, 0.25) is 0 Å². The number of aromatic nitrogens is 2. The molecular weight excluding hydrogens is 130 g/mol. The zero-order valence-corrected chi connectivity index (χ0v) is 6.07. The fraction of sp³-hybridized carbons (Fsp3) is 0.500. The molecule has 4 heteroatoms. The third kappa shape index (κ3) is 1.11. The molecule has 0 saturated carbocycles. The first-order chi connectivity index (χ1) is 4.61. The number of anilines is 1. The predicted molar refractivity (Wildman–Crippen MR) is 38.3 cm³/mol. The van der Waals surface area contributed by atoms with E-state index in [0.717, 1.165) is 5.69 Å². The molecule has 1 atom stereocenters. The Kier molecular flexibility index (Phi) is 1.63. The molecule has 56 valence electrons. The standard InChI is InChI=1S/C6H11N3O/c1-4-3-6(7)9(8-4)5(2)10/h3,5,10H,7H2,1-2H3. The molecule has 0 aliphatic rings. The smallest absolute Gasteiger partial charge is 0.146 e. The fourth-order valence-electron chi connectivity index (χ4n) is 0.836. The van der Waals surface area contributed by atoms with Gasteiger partial charge in [-0.25, -0.2) is 4.68 Å². The van der Waals surface area contributed by atoms with E-state index in [1.54, 1.807) is 13.0 Å². The van der Waals surface area contributed by atoms with Crippen molar-refractivity contribution in [3.05, 3.63) is 11.8 Å². The minimum atomic E-state index is -0.645. The van der Waals surface area contributed by atoms with E-state index >= 15 is 0 Å². The van der Waals surface area contributed by atoms with Crippen molar-refractivity contribution in [1.29, 1.82) is 0 Å². The van der Waals surface area contributed by atoms with E-state index in [1.807, 2.05) is 6.92 Å². The van der Waals surface area contributed by atoms with Crippen LogP contribution in [0.3, 0.4) is 0 Å². The Morgan fingerprint density at radius 2 is 2.40 bits per heavy atom. The number of rotatable bonds is 1. The number of hydrogen-bond donors (Lipinski definition) is 2. The molecule has 10 heavy (non-hydrogen) atoms. The molecule has 1 rings (SSSR count). The predicted octanol–water partition coefficient (Wildman–Crippen LogP) is 0.285. The zero-order chi connectivity index (χ0) is 7.72. The van der Waals surface area contributed by atoms with E-state index in [9.17, 15) is 0 Å². The normalized spacial score (nSPS) is 13.5. The molecule has 4 nitrogen and oxygen atoms in total. The van der Waals surface area contributed by atoms with Gasteiger partial charge in [0.1, 0.15) is 12.0 Å². The summed E-state index contributed by atoms with van der Waals surface area (Å²) in [4.78, 5) is 0. The molecule has 1 heterocycles. The van der Waals surface area contributed by atoms with Crippen molar-refractivity contribution < 1.29 is 5.11 Å². The lowest BCUT2D eigenvalue weighted by Crippen LogP contribution is -2.08. The summed E-state index contributed by atoms with van der Waals surface area (Å²) < 4.78 is 1.37. The monoisotopic (exact) mass is 141 g/mol. The van der Waals surface area contributed by atoms with Crippen LogP contribution >= 0.6 is 0 Å². The van der Waals surface area contributed by atoms with Gasteiger partial charge in [-0.3, -0.25) is 0 Å². The van der Waals surface area contributed by atoms with Gasteiger partial charge in [-0.2, -0.15) is 5.10 Å². The second-order valence-corrected chi connectivity index (χ2v) is 2.29. The molecule has 0 amide bonds. The van der Waals surface area contributed by atoms with Gasteiger partial charge in [0.05, 0.1) is 5.69 Å². The van der Waals surface area contributed by atoms with E-state index in [4.69, 9.17) is 10.8 Å². The minimum absolute atomic E-state index is 0.493. The maximum atomic E-state index is 9.04. The van der Waals surface area contributed by atoms with Gasteiger partial charge in [-0.1, -0.05) is 0 Å². The van der Waals surface area contributed by atoms with Gasteiger partial charge < -0.3 is 10.8 Å². The summed E-state index contributed by atoms with van der Waals surface area (Å²) in [6.45, 7) is 3.44. The molecule has 0 aliphatic heterocycles. The lowest BCUT2D eigenvalue weighted by atomic mass is 10.5. The first-order valence-electron chi connectivity index (χ1n) is 3.11. The first-order valence-corrected chi connectivity index (χ1v) is 3.11. The van der Waals surface area contributed by atoms with E-state index in [2.05, 4.69) is 5.10 Å². The first kappa shape index (κ1) is 7.08. The Hall–Kier alpha value is -1.03. The van der Waals surface area contributed by atoms with Gasteiger partial charge in [0.25, 0.3) is 0 Å². The van der Waals surface area contributed by atoms with Gasteiger partial charge >= 0.3 is 0 Å². The third-order valence-electron chi connectivity index (χ3n) is 1.24. The second-order valence-electron chi connectivity index (χ2n) is 2.29. The number of nitrogen functional groups attached to an aromatic ring is 1. The molecule has 0 aromatic carbocycles. The van der Waals surface area contributed by atoms with Crippen LogP contribution in [-0.2, 0) is 0 Å². The van der Waals surface area contributed by atoms with Crippen LogP contribution in [0.1, 0.15) is 18.8 Å². The zero-order valence-electron chi connectivity index (χ0n) is 6.07. The number of hydrogen-bond acceptors (Lipinski definition) is 3. The van der Waals surface area contributed by atoms with Crippen LogP contribution in [0, 0.1) is 6.92 Å². The topological polar surface area (TPSA) is 64.1 Å². The molecule has 1 aromatic rings. The van der Waals surface area contributed by atoms with Crippen molar-refractivity contribution in [3.63, 3.8) is 0 Å². The average Bonchev–Trinajstić information content (AvgIpc) is 2.10. The Bertz CT molecular complexity index is 229. The molecule has 0 aliphatic carbocycles. The van der Waals surface area contributed by atoms with E-state index in [1.165, 1.54) is 4.68 Å². The lowest BCUT2D eigenvalue weighted by molar-refractivity contribution is 0.113. The molecule has 3 N–H and O–H groups in total. The summed E-state index contributed by atoms with van der Waals surface area (Å²) in [7, 11) is 0. The highest BCUT2D eigenvalue weighted by atomic mass is 16.3. The highest BCUT2D eigenvalue weighted by molar-refractivity contribution is 5.30. The molecule has 0 bridgehead atoms. The lowest BCUT2D eigenvalue weighted by Gasteiger charge is -2.04. The third-order valence-corrected chi connectivity index (χ3v) is 1.24. The minimum Gasteiger partial charge on any atom is -0.384 e. The fourth-order valence-corrected chi connectivity index (χ4v) is 0.836. The maximum Gasteiger partial charge on any atom is 0.146 e. The van der Waals surface area contributed by atoms with Gasteiger partial charge in [0, 0.05) is 6.07 Å². The van der Waals surface area contributed by atoms with Crippen LogP contribution < -0.4 is 5.73 Å². The van der Waals surface area contributed by atoms with Crippen LogP contribution in [0.5, 0.6) is 0 Å². The number of aryl methyl sites for hydroxylation is 1. The van der Waals surface area contributed by atoms with Crippen molar-refractivity contribution >= 4 is 5.82 Å². The number of nitrogens with two attached hydrogens (primary N) is 1. The number of aliphatic hydroxyl groups is 1.